The lowest BCUT2D eigenvalue weighted by molar-refractivity contribution is 0.422. The Bertz CT molecular complexity index is 406. The molecule has 1 nitrogen and oxygen atoms in total. The second-order valence-corrected chi connectivity index (χ2v) is 6.12. The minimum Gasteiger partial charge on any atom is -0.310 e. The summed E-state index contributed by atoms with van der Waals surface area (Å²) in [5.41, 5.74) is 4.88. The van der Waals surface area contributed by atoms with Crippen molar-refractivity contribution in [2.24, 2.45) is 11.3 Å². The van der Waals surface area contributed by atoms with Gasteiger partial charge in [-0.15, -0.1) is 0 Å². The Morgan fingerprint density at radius 3 is 2.53 bits per heavy atom. The van der Waals surface area contributed by atoms with Crippen LogP contribution in [0.4, 0.5) is 0 Å². The molecule has 1 heteroatoms. The van der Waals surface area contributed by atoms with Crippen LogP contribution in [0.5, 0.6) is 0 Å². The van der Waals surface area contributed by atoms with Gasteiger partial charge in [-0.25, -0.2) is 0 Å². The average Bonchev–Trinajstić information content (AvgIpc) is 2.89. The summed E-state index contributed by atoms with van der Waals surface area (Å²) in [7, 11) is 0. The normalized spacial score (nSPS) is 23.5. The molecule has 0 saturated heterocycles. The van der Waals surface area contributed by atoms with Crippen LogP contribution in [-0.2, 0) is 0 Å². The molecule has 1 aliphatic carbocycles. The number of aryl methyl sites for hydroxylation is 1. The van der Waals surface area contributed by atoms with E-state index >= 15 is 0 Å². The smallest absolute Gasteiger partial charge is 0.0356 e. The van der Waals surface area contributed by atoms with Crippen molar-refractivity contribution >= 4 is 0 Å². The van der Waals surface area contributed by atoms with E-state index in [1.54, 1.807) is 0 Å². The fourth-order valence-electron chi connectivity index (χ4n) is 2.88. The van der Waals surface area contributed by atoms with Gasteiger partial charge in [-0.05, 0) is 54.8 Å². The van der Waals surface area contributed by atoms with Crippen LogP contribution in [0, 0.1) is 25.2 Å². The van der Waals surface area contributed by atoms with Crippen molar-refractivity contribution in [3.63, 3.8) is 0 Å². The Labute approximate surface area is 106 Å². The third-order valence-electron chi connectivity index (χ3n) is 4.40. The molecule has 0 heterocycles. The molecule has 2 unspecified atom stereocenters. The van der Waals surface area contributed by atoms with E-state index in [1.807, 2.05) is 0 Å². The standard InChI is InChI=1S/C16H25N/c1-6-17-15(14-10-16(14,4)5)13-9-7-8-11(2)12(13)3/h7-9,14-15,17H,6,10H2,1-5H3. The molecule has 0 aromatic heterocycles. The van der Waals surface area contributed by atoms with E-state index in [-0.39, 0.29) is 0 Å². The average molecular weight is 231 g/mol. The van der Waals surface area contributed by atoms with Crippen LogP contribution in [0.3, 0.4) is 0 Å². The Balaban J connectivity index is 2.30. The van der Waals surface area contributed by atoms with Gasteiger partial charge in [-0.2, -0.15) is 0 Å². The third kappa shape index (κ3) is 2.40. The molecule has 0 radical (unpaired) electrons. The van der Waals surface area contributed by atoms with Gasteiger partial charge in [-0.1, -0.05) is 39.0 Å². The largest absolute Gasteiger partial charge is 0.310 e. The second-order valence-electron chi connectivity index (χ2n) is 6.12. The zero-order valence-electron chi connectivity index (χ0n) is 11.8. The molecule has 94 valence electrons. The van der Waals surface area contributed by atoms with Gasteiger partial charge in [0.05, 0.1) is 0 Å². The first-order valence-electron chi connectivity index (χ1n) is 6.77. The van der Waals surface area contributed by atoms with E-state index in [0.717, 1.165) is 12.5 Å². The van der Waals surface area contributed by atoms with Crippen molar-refractivity contribution in [3.8, 4) is 0 Å². The highest BCUT2D eigenvalue weighted by Crippen LogP contribution is 2.58. The zero-order chi connectivity index (χ0) is 12.6. The van der Waals surface area contributed by atoms with Gasteiger partial charge in [0.1, 0.15) is 0 Å². The Morgan fingerprint density at radius 2 is 2.00 bits per heavy atom. The maximum absolute atomic E-state index is 3.68. The first-order chi connectivity index (χ1) is 7.97. The summed E-state index contributed by atoms with van der Waals surface area (Å²) in [5.74, 6) is 0.794. The van der Waals surface area contributed by atoms with Gasteiger partial charge in [0.25, 0.3) is 0 Å². The van der Waals surface area contributed by atoms with Gasteiger partial charge < -0.3 is 5.32 Å². The lowest BCUT2D eigenvalue weighted by Crippen LogP contribution is -2.25. The molecule has 1 aliphatic rings. The number of benzene rings is 1. The number of hydrogen-bond acceptors (Lipinski definition) is 1. The summed E-state index contributed by atoms with van der Waals surface area (Å²) in [6.07, 6.45) is 1.35. The molecule has 0 bridgehead atoms. The van der Waals surface area contributed by atoms with Crippen LogP contribution in [0.25, 0.3) is 0 Å². The topological polar surface area (TPSA) is 12.0 Å². The molecule has 1 N–H and O–H groups in total. The molecular formula is C16H25N. The third-order valence-corrected chi connectivity index (χ3v) is 4.40. The monoisotopic (exact) mass is 231 g/mol. The van der Waals surface area contributed by atoms with E-state index in [2.05, 4.69) is 58.1 Å². The molecule has 1 aromatic carbocycles. The van der Waals surface area contributed by atoms with Crippen LogP contribution in [0.15, 0.2) is 18.2 Å². The van der Waals surface area contributed by atoms with Crippen molar-refractivity contribution in [2.45, 2.75) is 47.1 Å². The van der Waals surface area contributed by atoms with E-state index < -0.39 is 0 Å². The maximum Gasteiger partial charge on any atom is 0.0356 e. The SMILES string of the molecule is CCNC(c1cccc(C)c1C)C1CC1(C)C. The van der Waals surface area contributed by atoms with Crippen LogP contribution in [0.1, 0.15) is 49.9 Å². The van der Waals surface area contributed by atoms with E-state index in [9.17, 15) is 0 Å². The van der Waals surface area contributed by atoms with E-state index in [4.69, 9.17) is 0 Å². The molecule has 17 heavy (non-hydrogen) atoms. The van der Waals surface area contributed by atoms with Crippen LogP contribution < -0.4 is 5.32 Å². The predicted octanol–water partition coefficient (Wildman–Crippen LogP) is 4.00. The van der Waals surface area contributed by atoms with Gasteiger partial charge in [-0.3, -0.25) is 0 Å². The number of hydrogen-bond donors (Lipinski definition) is 1. The molecule has 2 atom stereocenters. The fraction of sp³-hybridized carbons (Fsp3) is 0.625. The van der Waals surface area contributed by atoms with Gasteiger partial charge >= 0.3 is 0 Å². The molecule has 0 spiro atoms. The van der Waals surface area contributed by atoms with E-state index in [1.165, 1.54) is 23.1 Å². The Hall–Kier alpha value is -0.820. The van der Waals surface area contributed by atoms with Crippen molar-refractivity contribution < 1.29 is 0 Å². The maximum atomic E-state index is 3.68. The Kier molecular flexibility index (Phi) is 3.31. The van der Waals surface area contributed by atoms with Crippen LogP contribution in [0.2, 0.25) is 0 Å². The molecule has 1 fully saturated rings. The summed E-state index contributed by atoms with van der Waals surface area (Å²) in [6.45, 7) is 12.5. The molecule has 1 saturated carbocycles. The Morgan fingerprint density at radius 1 is 1.35 bits per heavy atom. The first kappa shape index (κ1) is 12.6. The molecule has 1 aromatic rings. The summed E-state index contributed by atoms with van der Waals surface area (Å²) in [6, 6.07) is 7.23. The van der Waals surface area contributed by atoms with Gasteiger partial charge in [0.15, 0.2) is 0 Å². The van der Waals surface area contributed by atoms with Crippen LogP contribution >= 0.6 is 0 Å². The lowest BCUT2D eigenvalue weighted by atomic mass is 9.92. The van der Waals surface area contributed by atoms with E-state index in [0.29, 0.717) is 11.5 Å². The molecule has 0 amide bonds. The highest BCUT2D eigenvalue weighted by atomic mass is 14.9. The highest BCUT2D eigenvalue weighted by Gasteiger charge is 2.50. The quantitative estimate of drug-likeness (QED) is 0.826. The van der Waals surface area contributed by atoms with Crippen LogP contribution in [-0.4, -0.2) is 6.54 Å². The first-order valence-corrected chi connectivity index (χ1v) is 6.77. The lowest BCUT2D eigenvalue weighted by Gasteiger charge is -2.23. The van der Waals surface area contributed by atoms with Crippen molar-refractivity contribution in [1.82, 2.24) is 5.32 Å². The summed E-state index contributed by atoms with van der Waals surface area (Å²) < 4.78 is 0. The van der Waals surface area contributed by atoms with Gasteiger partial charge in [0.2, 0.25) is 0 Å². The van der Waals surface area contributed by atoms with Crippen molar-refractivity contribution in [2.75, 3.05) is 6.54 Å². The fourth-order valence-corrected chi connectivity index (χ4v) is 2.88. The second kappa shape index (κ2) is 4.45. The van der Waals surface area contributed by atoms with Gasteiger partial charge in [0, 0.05) is 6.04 Å². The summed E-state index contributed by atoms with van der Waals surface area (Å²) >= 11 is 0. The minimum atomic E-state index is 0.517. The molecule has 0 aliphatic heterocycles. The molecular weight excluding hydrogens is 206 g/mol. The minimum absolute atomic E-state index is 0.517. The zero-order valence-corrected chi connectivity index (χ0v) is 11.8. The van der Waals surface area contributed by atoms with Crippen molar-refractivity contribution in [3.05, 3.63) is 34.9 Å². The number of nitrogens with one attached hydrogen (secondary N) is 1. The summed E-state index contributed by atoms with van der Waals surface area (Å²) in [4.78, 5) is 0. The van der Waals surface area contributed by atoms with Crippen molar-refractivity contribution in [1.29, 1.82) is 0 Å². The predicted molar refractivity (Wildman–Crippen MR) is 74.2 cm³/mol. The molecule has 2 rings (SSSR count). The highest BCUT2D eigenvalue weighted by molar-refractivity contribution is 5.36. The number of rotatable bonds is 4. The summed E-state index contributed by atoms with van der Waals surface area (Å²) in [5, 5.41) is 3.68.